The Bertz CT molecular complexity index is 458. The highest BCUT2D eigenvalue weighted by Crippen LogP contribution is 2.13. The molecular formula is C12H16O3S. The number of ether oxygens (including phenoxy) is 1. The van der Waals surface area contributed by atoms with E-state index in [2.05, 4.69) is 0 Å². The van der Waals surface area contributed by atoms with Crippen LogP contribution >= 0.6 is 0 Å². The van der Waals surface area contributed by atoms with Gasteiger partial charge in [-0.1, -0.05) is 17.7 Å². The normalized spacial score (nSPS) is 14.2. The summed E-state index contributed by atoms with van der Waals surface area (Å²) in [4.78, 5) is 0.303. The van der Waals surface area contributed by atoms with Crippen LogP contribution in [0.2, 0.25) is 0 Å². The highest BCUT2D eigenvalue weighted by Gasteiger charge is 2.09. The molecule has 0 saturated heterocycles. The predicted octanol–water partition coefficient (Wildman–Crippen LogP) is 2.32. The summed E-state index contributed by atoms with van der Waals surface area (Å²) in [5.74, 6) is 0. The zero-order valence-electron chi connectivity index (χ0n) is 9.67. The summed E-state index contributed by atoms with van der Waals surface area (Å²) >= 11 is 0. The van der Waals surface area contributed by atoms with Crippen molar-refractivity contribution in [3.63, 3.8) is 0 Å². The van der Waals surface area contributed by atoms with Gasteiger partial charge in [-0.25, -0.2) is 8.42 Å². The molecule has 0 saturated carbocycles. The Kier molecular flexibility index (Phi) is 4.26. The number of hydrogen-bond donors (Lipinski definition) is 0. The van der Waals surface area contributed by atoms with Gasteiger partial charge in [0.2, 0.25) is 0 Å². The molecule has 4 heteroatoms. The maximum Gasteiger partial charge on any atom is 0.199 e. The van der Waals surface area contributed by atoms with Crippen LogP contribution in [-0.4, -0.2) is 21.6 Å². The van der Waals surface area contributed by atoms with Crippen LogP contribution < -0.4 is 0 Å². The van der Waals surface area contributed by atoms with Crippen LogP contribution in [0.3, 0.4) is 0 Å². The fourth-order valence-corrected chi connectivity index (χ4v) is 2.20. The van der Waals surface area contributed by atoms with E-state index in [0.29, 0.717) is 4.90 Å². The van der Waals surface area contributed by atoms with Gasteiger partial charge in [0.1, 0.15) is 0 Å². The first-order valence-corrected chi connectivity index (χ1v) is 6.53. The summed E-state index contributed by atoms with van der Waals surface area (Å²) in [6.07, 6.45) is 1.31. The van der Waals surface area contributed by atoms with Crippen molar-refractivity contribution in [3.8, 4) is 0 Å². The van der Waals surface area contributed by atoms with Gasteiger partial charge in [0.25, 0.3) is 0 Å². The largest absolute Gasteiger partial charge is 0.378 e. The van der Waals surface area contributed by atoms with E-state index >= 15 is 0 Å². The maximum absolute atomic E-state index is 11.8. The van der Waals surface area contributed by atoms with E-state index in [1.165, 1.54) is 18.6 Å². The number of sulfone groups is 1. The molecule has 1 unspecified atom stereocenters. The SMILES string of the molecule is COC(C)/C=C/S(=O)(=O)c1ccc(C)cc1. The van der Waals surface area contributed by atoms with Gasteiger partial charge in [0.15, 0.2) is 9.84 Å². The van der Waals surface area contributed by atoms with Gasteiger partial charge >= 0.3 is 0 Å². The molecule has 16 heavy (non-hydrogen) atoms. The van der Waals surface area contributed by atoms with Crippen molar-refractivity contribution >= 4 is 9.84 Å². The number of rotatable bonds is 4. The fourth-order valence-electron chi connectivity index (χ4n) is 1.10. The maximum atomic E-state index is 11.8. The average molecular weight is 240 g/mol. The monoisotopic (exact) mass is 240 g/mol. The summed E-state index contributed by atoms with van der Waals surface area (Å²) in [5, 5.41) is 1.19. The standard InChI is InChI=1S/C12H16O3S/c1-10-4-6-12(7-5-10)16(13,14)9-8-11(2)15-3/h4-9,11H,1-3H3/b9-8+. The van der Waals surface area contributed by atoms with Crippen molar-refractivity contribution in [2.24, 2.45) is 0 Å². The summed E-state index contributed by atoms with van der Waals surface area (Å²) in [7, 11) is -1.81. The smallest absolute Gasteiger partial charge is 0.199 e. The predicted molar refractivity (Wildman–Crippen MR) is 64.0 cm³/mol. The molecule has 0 spiro atoms. The molecule has 0 N–H and O–H groups in total. The minimum absolute atomic E-state index is 0.208. The molecule has 1 atom stereocenters. The lowest BCUT2D eigenvalue weighted by molar-refractivity contribution is 0.156. The van der Waals surface area contributed by atoms with Crippen LogP contribution in [0.15, 0.2) is 40.6 Å². The molecule has 0 aliphatic rings. The second kappa shape index (κ2) is 5.27. The number of methoxy groups -OCH3 is 1. The Morgan fingerprint density at radius 3 is 2.31 bits per heavy atom. The quantitative estimate of drug-likeness (QED) is 0.811. The first-order chi connectivity index (χ1) is 7.45. The molecule has 0 aromatic heterocycles. The van der Waals surface area contributed by atoms with Crippen molar-refractivity contribution < 1.29 is 13.2 Å². The first kappa shape index (κ1) is 12.9. The van der Waals surface area contributed by atoms with Crippen molar-refractivity contribution in [2.75, 3.05) is 7.11 Å². The molecule has 88 valence electrons. The third-order valence-electron chi connectivity index (χ3n) is 2.25. The third-order valence-corrected chi connectivity index (χ3v) is 3.69. The van der Waals surface area contributed by atoms with Gasteiger partial charge in [-0.05, 0) is 32.1 Å². The van der Waals surface area contributed by atoms with E-state index < -0.39 is 9.84 Å². The summed E-state index contributed by atoms with van der Waals surface area (Å²) < 4.78 is 28.6. The zero-order chi connectivity index (χ0) is 12.2. The molecule has 1 aromatic carbocycles. The van der Waals surface area contributed by atoms with Crippen molar-refractivity contribution in [1.82, 2.24) is 0 Å². The van der Waals surface area contributed by atoms with Crippen LogP contribution in [0, 0.1) is 6.92 Å². The topological polar surface area (TPSA) is 43.4 Å². The van der Waals surface area contributed by atoms with E-state index in [0.717, 1.165) is 5.56 Å². The minimum atomic E-state index is -3.34. The van der Waals surface area contributed by atoms with E-state index in [9.17, 15) is 8.42 Å². The van der Waals surface area contributed by atoms with Gasteiger partial charge in [0.05, 0.1) is 11.0 Å². The Morgan fingerprint density at radius 2 is 1.81 bits per heavy atom. The number of hydrogen-bond acceptors (Lipinski definition) is 3. The molecule has 1 aromatic rings. The lowest BCUT2D eigenvalue weighted by Crippen LogP contribution is -2.02. The fraction of sp³-hybridized carbons (Fsp3) is 0.333. The van der Waals surface area contributed by atoms with Gasteiger partial charge < -0.3 is 4.74 Å². The number of aryl methyl sites for hydroxylation is 1. The van der Waals surface area contributed by atoms with Crippen LogP contribution in [0.1, 0.15) is 12.5 Å². The highest BCUT2D eigenvalue weighted by atomic mass is 32.2. The van der Waals surface area contributed by atoms with Gasteiger partial charge in [-0.15, -0.1) is 0 Å². The first-order valence-electron chi connectivity index (χ1n) is 4.98. The van der Waals surface area contributed by atoms with E-state index in [1.54, 1.807) is 31.2 Å². The van der Waals surface area contributed by atoms with Gasteiger partial charge in [-0.2, -0.15) is 0 Å². The second-order valence-corrected chi connectivity index (χ2v) is 5.46. The molecular weight excluding hydrogens is 224 g/mol. The lowest BCUT2D eigenvalue weighted by Gasteiger charge is -2.03. The molecule has 0 aliphatic heterocycles. The summed E-state index contributed by atoms with van der Waals surface area (Å²) in [5.41, 5.74) is 1.04. The molecule has 0 aliphatic carbocycles. The van der Waals surface area contributed by atoms with Crippen molar-refractivity contribution in [1.29, 1.82) is 0 Å². The zero-order valence-corrected chi connectivity index (χ0v) is 10.5. The molecule has 0 amide bonds. The minimum Gasteiger partial charge on any atom is -0.378 e. The number of benzene rings is 1. The van der Waals surface area contributed by atoms with Crippen LogP contribution in [0.25, 0.3) is 0 Å². The second-order valence-electron chi connectivity index (χ2n) is 3.63. The molecule has 0 bridgehead atoms. The molecule has 0 heterocycles. The Labute approximate surface area is 96.7 Å². The van der Waals surface area contributed by atoms with E-state index in [-0.39, 0.29) is 6.10 Å². The van der Waals surface area contributed by atoms with Crippen molar-refractivity contribution in [3.05, 3.63) is 41.3 Å². The third kappa shape index (κ3) is 3.47. The van der Waals surface area contributed by atoms with E-state index in [1.807, 2.05) is 6.92 Å². The van der Waals surface area contributed by atoms with Gasteiger partial charge in [-0.3, -0.25) is 0 Å². The Morgan fingerprint density at radius 1 is 1.25 bits per heavy atom. The molecule has 0 fully saturated rings. The van der Waals surface area contributed by atoms with E-state index in [4.69, 9.17) is 4.74 Å². The Hall–Kier alpha value is -1.13. The van der Waals surface area contributed by atoms with Crippen LogP contribution in [0.5, 0.6) is 0 Å². The molecule has 0 radical (unpaired) electrons. The summed E-state index contributed by atoms with van der Waals surface area (Å²) in [6, 6.07) is 6.76. The van der Waals surface area contributed by atoms with Gasteiger partial charge in [0, 0.05) is 12.5 Å². The average Bonchev–Trinajstić information content (AvgIpc) is 2.26. The molecule has 1 rings (SSSR count). The Balaban J connectivity index is 2.94. The highest BCUT2D eigenvalue weighted by molar-refractivity contribution is 7.94. The lowest BCUT2D eigenvalue weighted by atomic mass is 10.2. The van der Waals surface area contributed by atoms with Crippen LogP contribution in [-0.2, 0) is 14.6 Å². The molecule has 3 nitrogen and oxygen atoms in total. The van der Waals surface area contributed by atoms with Crippen molar-refractivity contribution in [2.45, 2.75) is 24.8 Å². The summed E-state index contributed by atoms with van der Waals surface area (Å²) in [6.45, 7) is 3.69. The van der Waals surface area contributed by atoms with Crippen LogP contribution in [0.4, 0.5) is 0 Å².